The molecular weight excluding hydrogens is 656 g/mol. The number of amides is 2. The third-order valence-corrected chi connectivity index (χ3v) is 10.6. The number of H-pyrrole nitrogens is 2. The number of hydrogen-bond acceptors (Lipinski definition) is 8. The van der Waals surface area contributed by atoms with Crippen molar-refractivity contribution in [1.29, 1.82) is 0 Å². The van der Waals surface area contributed by atoms with E-state index in [0.717, 1.165) is 70.7 Å². The molecular formula is C40H44N8O4. The standard InChI is InChI=1S/C40H44N8O4/c1-39(2,3)51-37(49)47-31-14-24(31)16-33(47)35-42-18-28(45-35)22-9-7-21(8-10-22)23-11-12-26-27(13-23)41-19-29(44-26)30-20-43-36(46-30)34-17-25-15-32(25)48(34)38(50)52-40(4,5)6/h7-13,18-20,24-25,31-34H,14-17H2,1-6H3,(H,42,45)(H,43,46)/t24-,25-,31-,32-,33+,34+/m1/s1. The number of carbonyl (C=O) groups excluding carboxylic acids is 2. The van der Waals surface area contributed by atoms with Gasteiger partial charge in [0.05, 0.1) is 41.2 Å². The first-order valence-electron chi connectivity index (χ1n) is 18.3. The number of ether oxygens (including phenoxy) is 2. The largest absolute Gasteiger partial charge is 0.444 e. The summed E-state index contributed by atoms with van der Waals surface area (Å²) in [4.78, 5) is 55.9. The molecule has 2 N–H and O–H groups in total. The molecule has 2 aliphatic heterocycles. The lowest BCUT2D eigenvalue weighted by atomic mass is 10.0. The number of imidazole rings is 2. The van der Waals surface area contributed by atoms with E-state index in [4.69, 9.17) is 29.4 Å². The molecule has 9 rings (SSSR count). The highest BCUT2D eigenvalue weighted by Crippen LogP contribution is 2.54. The number of nitrogens with zero attached hydrogens (tertiary/aromatic N) is 6. The van der Waals surface area contributed by atoms with Crippen LogP contribution in [0.3, 0.4) is 0 Å². The lowest BCUT2D eigenvalue weighted by Gasteiger charge is -2.29. The first kappa shape index (κ1) is 32.6. The summed E-state index contributed by atoms with van der Waals surface area (Å²) in [6.07, 6.45) is 8.74. The fraction of sp³-hybridized carbons (Fsp3) is 0.450. The SMILES string of the molecule is CC(C)(C)OC(=O)N1[C@@H]2C[C@@H]2C[C@H]1c1nc(-c2cnc3cc(-c4ccc(-c5cnc([C@@H]6C[C@H]7C[C@H]7N6C(=O)OC(C)(C)C)[nH]5)cc4)ccc3n2)c[nH]1. The third-order valence-electron chi connectivity index (χ3n) is 10.6. The quantitative estimate of drug-likeness (QED) is 0.187. The molecule has 6 atom stereocenters. The number of aromatic amines is 2. The maximum atomic E-state index is 13.1. The summed E-state index contributed by atoms with van der Waals surface area (Å²) in [6.45, 7) is 11.4. The fourth-order valence-corrected chi connectivity index (χ4v) is 8.00. The highest BCUT2D eigenvalue weighted by molar-refractivity contribution is 5.83. The lowest BCUT2D eigenvalue weighted by Crippen LogP contribution is -2.38. The number of aromatic nitrogens is 6. The van der Waals surface area contributed by atoms with E-state index in [1.165, 1.54) is 0 Å². The Labute approximate surface area is 302 Å². The zero-order chi connectivity index (χ0) is 36.1. The second-order valence-corrected chi connectivity index (χ2v) is 16.8. The van der Waals surface area contributed by atoms with E-state index in [0.29, 0.717) is 23.2 Å². The maximum absolute atomic E-state index is 13.1. The number of piperidine rings is 2. The Hall–Kier alpha value is -5.26. The third kappa shape index (κ3) is 6.07. The van der Waals surface area contributed by atoms with Crippen molar-refractivity contribution in [1.82, 2.24) is 39.7 Å². The van der Waals surface area contributed by atoms with Crippen molar-refractivity contribution in [2.24, 2.45) is 11.8 Å². The summed E-state index contributed by atoms with van der Waals surface area (Å²) >= 11 is 0. The van der Waals surface area contributed by atoms with Gasteiger partial charge >= 0.3 is 12.2 Å². The number of carbonyl (C=O) groups is 2. The predicted molar refractivity (Wildman–Crippen MR) is 195 cm³/mol. The van der Waals surface area contributed by atoms with E-state index >= 15 is 0 Å². The van der Waals surface area contributed by atoms with Gasteiger partial charge in [-0.2, -0.15) is 0 Å². The smallest absolute Gasteiger partial charge is 0.411 e. The predicted octanol–water partition coefficient (Wildman–Crippen LogP) is 8.22. The fourth-order valence-electron chi connectivity index (χ4n) is 8.00. The molecule has 5 aromatic rings. The highest BCUT2D eigenvalue weighted by Gasteiger charge is 2.57. The summed E-state index contributed by atoms with van der Waals surface area (Å²) in [5.74, 6) is 2.57. The van der Waals surface area contributed by atoms with Crippen molar-refractivity contribution in [2.45, 2.75) is 103 Å². The van der Waals surface area contributed by atoms with Gasteiger partial charge in [-0.1, -0.05) is 30.3 Å². The molecule has 4 aliphatic rings. The highest BCUT2D eigenvalue weighted by atomic mass is 16.6. The maximum Gasteiger partial charge on any atom is 0.411 e. The molecule has 5 heterocycles. The molecule has 2 amide bonds. The van der Waals surface area contributed by atoms with E-state index in [2.05, 4.69) is 40.3 Å². The minimum absolute atomic E-state index is 0.103. The van der Waals surface area contributed by atoms with Gasteiger partial charge in [0.15, 0.2) is 0 Å². The van der Waals surface area contributed by atoms with Crippen LogP contribution >= 0.6 is 0 Å². The lowest BCUT2D eigenvalue weighted by molar-refractivity contribution is 0.0164. The first-order chi connectivity index (χ1) is 24.8. The van der Waals surface area contributed by atoms with E-state index in [-0.39, 0.29) is 36.4 Å². The molecule has 4 fully saturated rings. The Bertz CT molecular complexity index is 2200. The monoisotopic (exact) mass is 700 g/mol. The number of nitrogens with one attached hydrogen (secondary N) is 2. The zero-order valence-electron chi connectivity index (χ0n) is 30.4. The van der Waals surface area contributed by atoms with Crippen LogP contribution in [0, 0.1) is 11.8 Å². The number of rotatable bonds is 5. The molecule has 2 saturated heterocycles. The molecule has 268 valence electrons. The molecule has 0 radical (unpaired) electrons. The molecule has 52 heavy (non-hydrogen) atoms. The number of fused-ring (bicyclic) bond motifs is 3. The van der Waals surface area contributed by atoms with Crippen LogP contribution in [0.4, 0.5) is 9.59 Å². The normalized spacial score (nSPS) is 24.9. The Balaban J connectivity index is 0.890. The average molecular weight is 701 g/mol. The molecule has 0 spiro atoms. The van der Waals surface area contributed by atoms with Gasteiger partial charge in [0.2, 0.25) is 0 Å². The molecule has 12 heteroatoms. The van der Waals surface area contributed by atoms with Crippen LogP contribution in [-0.4, -0.2) is 75.2 Å². The summed E-state index contributed by atoms with van der Waals surface area (Å²) in [7, 11) is 0. The van der Waals surface area contributed by atoms with Gasteiger partial charge in [0.25, 0.3) is 0 Å². The van der Waals surface area contributed by atoms with Crippen molar-refractivity contribution in [2.75, 3.05) is 0 Å². The number of hydrogen-bond donors (Lipinski definition) is 2. The Morgan fingerprint density at radius 3 is 1.90 bits per heavy atom. The van der Waals surface area contributed by atoms with Crippen LogP contribution in [0.1, 0.15) is 91.0 Å². The summed E-state index contributed by atoms with van der Waals surface area (Å²) in [5, 5.41) is 0. The molecule has 12 nitrogen and oxygen atoms in total. The van der Waals surface area contributed by atoms with Gasteiger partial charge in [0, 0.05) is 18.3 Å². The number of benzene rings is 2. The van der Waals surface area contributed by atoms with Gasteiger partial charge in [-0.05, 0) is 108 Å². The number of likely N-dealkylation sites (tertiary alicyclic amines) is 2. The topological polar surface area (TPSA) is 142 Å². The zero-order valence-corrected chi connectivity index (χ0v) is 30.4. The summed E-state index contributed by atoms with van der Waals surface area (Å²) in [6, 6.07) is 14.7. The van der Waals surface area contributed by atoms with E-state index in [9.17, 15) is 9.59 Å². The minimum atomic E-state index is -0.553. The van der Waals surface area contributed by atoms with Crippen LogP contribution in [0.25, 0.3) is 44.8 Å². The Kier molecular flexibility index (Phi) is 7.30. The van der Waals surface area contributed by atoms with Gasteiger partial charge < -0.3 is 19.4 Å². The van der Waals surface area contributed by atoms with Gasteiger partial charge in [-0.25, -0.2) is 24.5 Å². The van der Waals surface area contributed by atoms with Gasteiger partial charge in [-0.3, -0.25) is 14.8 Å². The van der Waals surface area contributed by atoms with Crippen molar-refractivity contribution in [3.8, 4) is 33.8 Å². The summed E-state index contributed by atoms with van der Waals surface area (Å²) in [5.41, 5.74) is 5.85. The van der Waals surface area contributed by atoms with Crippen molar-refractivity contribution >= 4 is 23.2 Å². The molecule has 2 aromatic carbocycles. The van der Waals surface area contributed by atoms with Gasteiger partial charge in [0.1, 0.15) is 34.2 Å². The molecule has 0 bridgehead atoms. The van der Waals surface area contributed by atoms with Crippen molar-refractivity contribution < 1.29 is 19.1 Å². The van der Waals surface area contributed by atoms with Crippen LogP contribution in [-0.2, 0) is 9.47 Å². The second-order valence-electron chi connectivity index (χ2n) is 16.8. The second kappa shape index (κ2) is 11.6. The van der Waals surface area contributed by atoms with E-state index in [1.807, 2.05) is 75.9 Å². The van der Waals surface area contributed by atoms with Crippen LogP contribution in [0.2, 0.25) is 0 Å². The Morgan fingerprint density at radius 2 is 1.27 bits per heavy atom. The van der Waals surface area contributed by atoms with Crippen LogP contribution in [0.5, 0.6) is 0 Å². The van der Waals surface area contributed by atoms with Crippen LogP contribution in [0.15, 0.2) is 61.1 Å². The molecule has 0 unspecified atom stereocenters. The minimum Gasteiger partial charge on any atom is -0.444 e. The van der Waals surface area contributed by atoms with Gasteiger partial charge in [-0.15, -0.1) is 0 Å². The van der Waals surface area contributed by atoms with Crippen molar-refractivity contribution in [3.63, 3.8) is 0 Å². The first-order valence-corrected chi connectivity index (χ1v) is 18.3. The van der Waals surface area contributed by atoms with Crippen molar-refractivity contribution in [3.05, 3.63) is 72.7 Å². The Morgan fingerprint density at radius 1 is 0.673 bits per heavy atom. The van der Waals surface area contributed by atoms with E-state index < -0.39 is 11.2 Å². The average Bonchev–Trinajstić information content (AvgIpc) is 3.68. The summed E-state index contributed by atoms with van der Waals surface area (Å²) < 4.78 is 11.5. The van der Waals surface area contributed by atoms with Crippen LogP contribution < -0.4 is 0 Å². The molecule has 3 aromatic heterocycles. The molecule has 2 saturated carbocycles. The molecule has 2 aliphatic carbocycles. The van der Waals surface area contributed by atoms with E-state index in [1.54, 1.807) is 6.20 Å².